The second-order valence-corrected chi connectivity index (χ2v) is 4.79. The summed E-state index contributed by atoms with van der Waals surface area (Å²) >= 11 is 12.2. The van der Waals surface area contributed by atoms with Gasteiger partial charge in [0.2, 0.25) is 5.75 Å². The van der Waals surface area contributed by atoms with Gasteiger partial charge in [0.25, 0.3) is 0 Å². The molecule has 0 fully saturated rings. The fraction of sp³-hybridized carbons (Fsp3) is 0.154. The van der Waals surface area contributed by atoms with Crippen molar-refractivity contribution in [1.29, 1.82) is 0 Å². The number of aromatic nitrogens is 1. The minimum Gasteiger partial charge on any atom is -0.478 e. The van der Waals surface area contributed by atoms with Crippen molar-refractivity contribution in [1.82, 2.24) is 4.98 Å². The summed E-state index contributed by atoms with van der Waals surface area (Å²) in [4.78, 5) is 14.0. The summed E-state index contributed by atoms with van der Waals surface area (Å²) < 4.78 is 5.58. The van der Waals surface area contributed by atoms with Gasteiger partial charge < -0.3 is 14.9 Å². The van der Waals surface area contributed by atoms with Gasteiger partial charge in [-0.1, -0.05) is 29.3 Å². The molecule has 0 saturated heterocycles. The molecule has 2 aromatic rings. The van der Waals surface area contributed by atoms with E-state index in [4.69, 9.17) is 27.9 Å². The van der Waals surface area contributed by atoms with Crippen LogP contribution in [0.2, 0.25) is 10.0 Å². The predicted octanol–water partition coefficient (Wildman–Crippen LogP) is 4.44. The van der Waals surface area contributed by atoms with E-state index in [-0.39, 0.29) is 11.6 Å². The highest BCUT2D eigenvalue weighted by atomic mass is 35.5. The average Bonchev–Trinajstić information content (AvgIpc) is 2.38. The van der Waals surface area contributed by atoms with Crippen LogP contribution < -0.4 is 4.74 Å². The number of nitrogens with zero attached hydrogens (tertiary/aromatic N) is 2. The number of ether oxygens (including phenoxy) is 1. The molecule has 7 heteroatoms. The Balaban J connectivity index is 2.33. The van der Waals surface area contributed by atoms with Crippen molar-refractivity contribution in [2.45, 2.75) is 13.0 Å². The van der Waals surface area contributed by atoms with Crippen molar-refractivity contribution in [3.63, 3.8) is 0 Å². The molecular weight excluding hydrogens is 303 g/mol. The highest BCUT2D eigenvalue weighted by molar-refractivity contribution is 6.36. The third-order valence-corrected chi connectivity index (χ3v) is 3.29. The Morgan fingerprint density at radius 1 is 1.25 bits per heavy atom. The molecular formula is C13H10Cl2N2O3. The Morgan fingerprint density at radius 3 is 2.50 bits per heavy atom. The maximum absolute atomic E-state index is 10.9. The van der Waals surface area contributed by atoms with Crippen molar-refractivity contribution < 1.29 is 9.66 Å². The van der Waals surface area contributed by atoms with Crippen LogP contribution in [0.5, 0.6) is 5.75 Å². The van der Waals surface area contributed by atoms with Crippen LogP contribution >= 0.6 is 23.2 Å². The molecule has 0 amide bonds. The first-order valence-corrected chi connectivity index (χ1v) is 6.46. The average molecular weight is 313 g/mol. The fourth-order valence-electron chi connectivity index (χ4n) is 1.76. The third kappa shape index (κ3) is 3.00. The lowest BCUT2D eigenvalue weighted by Crippen LogP contribution is -2.07. The molecule has 0 aliphatic rings. The monoisotopic (exact) mass is 312 g/mol. The van der Waals surface area contributed by atoms with Crippen molar-refractivity contribution >= 4 is 29.0 Å². The second kappa shape index (κ2) is 6.07. The molecule has 20 heavy (non-hydrogen) atoms. The Morgan fingerprint density at radius 2 is 1.90 bits per heavy atom. The predicted molar refractivity (Wildman–Crippen MR) is 76.4 cm³/mol. The number of rotatable bonds is 4. The summed E-state index contributed by atoms with van der Waals surface area (Å²) in [6.45, 7) is 1.71. The van der Waals surface area contributed by atoms with Gasteiger partial charge in [-0.3, -0.25) is 0 Å². The van der Waals surface area contributed by atoms with Crippen LogP contribution in [0.3, 0.4) is 0 Å². The molecule has 2 rings (SSSR count). The standard InChI is InChI=1S/C13H10Cl2N2O3/c1-8(12-9(14)4-2-5-10(12)15)20-11-6-3-7-16-13(11)17(18)19/h2-8H,1H3. The zero-order valence-corrected chi connectivity index (χ0v) is 11.9. The Labute approximate surface area is 125 Å². The molecule has 0 radical (unpaired) electrons. The van der Waals surface area contributed by atoms with E-state index in [0.717, 1.165) is 0 Å². The molecule has 1 aromatic heterocycles. The lowest BCUT2D eigenvalue weighted by atomic mass is 10.1. The van der Waals surface area contributed by atoms with Gasteiger partial charge in [-0.2, -0.15) is 0 Å². The molecule has 1 unspecified atom stereocenters. The van der Waals surface area contributed by atoms with Gasteiger partial charge in [0.15, 0.2) is 0 Å². The van der Waals surface area contributed by atoms with Crippen LogP contribution in [-0.4, -0.2) is 9.91 Å². The Hall–Kier alpha value is -1.85. The van der Waals surface area contributed by atoms with Gasteiger partial charge in [-0.05, 0) is 41.1 Å². The first kappa shape index (κ1) is 14.6. The Bertz CT molecular complexity index is 629. The molecule has 0 aliphatic heterocycles. The molecule has 0 bridgehead atoms. The van der Waals surface area contributed by atoms with Crippen molar-refractivity contribution in [3.8, 4) is 5.75 Å². The largest absolute Gasteiger partial charge is 0.478 e. The highest BCUT2D eigenvalue weighted by Gasteiger charge is 2.21. The van der Waals surface area contributed by atoms with Crippen LogP contribution in [0.15, 0.2) is 36.5 Å². The molecule has 0 saturated carbocycles. The van der Waals surface area contributed by atoms with Gasteiger partial charge in [0.05, 0.1) is 0 Å². The second-order valence-electron chi connectivity index (χ2n) is 3.98. The quantitative estimate of drug-likeness (QED) is 0.618. The van der Waals surface area contributed by atoms with Crippen molar-refractivity contribution in [2.24, 2.45) is 0 Å². The molecule has 1 heterocycles. The minimum atomic E-state index is -0.601. The SMILES string of the molecule is CC(Oc1cccnc1[N+](=O)[O-])c1c(Cl)cccc1Cl. The van der Waals surface area contributed by atoms with Gasteiger partial charge in [0, 0.05) is 15.6 Å². The summed E-state index contributed by atoms with van der Waals surface area (Å²) in [5.74, 6) is -0.275. The number of hydrogen-bond acceptors (Lipinski definition) is 4. The van der Waals surface area contributed by atoms with Crippen LogP contribution in [0.1, 0.15) is 18.6 Å². The summed E-state index contributed by atoms with van der Waals surface area (Å²) in [5.41, 5.74) is 0.578. The van der Waals surface area contributed by atoms with Gasteiger partial charge >= 0.3 is 5.82 Å². The zero-order valence-electron chi connectivity index (χ0n) is 10.4. The highest BCUT2D eigenvalue weighted by Crippen LogP contribution is 2.35. The maximum Gasteiger partial charge on any atom is 0.406 e. The summed E-state index contributed by atoms with van der Waals surface area (Å²) in [7, 11) is 0. The first-order chi connectivity index (χ1) is 9.50. The molecule has 104 valence electrons. The molecule has 0 spiro atoms. The lowest BCUT2D eigenvalue weighted by molar-refractivity contribution is -0.390. The summed E-state index contributed by atoms with van der Waals surface area (Å²) in [6, 6.07) is 8.11. The van der Waals surface area contributed by atoms with Crippen molar-refractivity contribution in [2.75, 3.05) is 0 Å². The van der Waals surface area contributed by atoms with E-state index in [9.17, 15) is 10.1 Å². The Kier molecular flexibility index (Phi) is 4.42. The lowest BCUT2D eigenvalue weighted by Gasteiger charge is -2.17. The van der Waals surface area contributed by atoms with E-state index in [1.165, 1.54) is 12.3 Å². The van der Waals surface area contributed by atoms with E-state index in [1.807, 2.05) is 0 Å². The fourth-order valence-corrected chi connectivity index (χ4v) is 2.46. The molecule has 0 N–H and O–H groups in total. The summed E-state index contributed by atoms with van der Waals surface area (Å²) in [6.07, 6.45) is 0.789. The van der Waals surface area contributed by atoms with E-state index < -0.39 is 11.0 Å². The number of hydrogen-bond donors (Lipinski definition) is 0. The topological polar surface area (TPSA) is 65.3 Å². The normalized spacial score (nSPS) is 11.9. The first-order valence-electron chi connectivity index (χ1n) is 5.70. The van der Waals surface area contributed by atoms with Gasteiger partial charge in [-0.25, -0.2) is 0 Å². The molecule has 0 aliphatic carbocycles. The number of pyridine rings is 1. The number of halogens is 2. The van der Waals surface area contributed by atoms with E-state index in [1.54, 1.807) is 31.2 Å². The van der Waals surface area contributed by atoms with Crippen LogP contribution in [-0.2, 0) is 0 Å². The van der Waals surface area contributed by atoms with Crippen molar-refractivity contribution in [3.05, 3.63) is 62.3 Å². The van der Waals surface area contributed by atoms with Crippen LogP contribution in [0.4, 0.5) is 5.82 Å². The van der Waals surface area contributed by atoms with E-state index >= 15 is 0 Å². The minimum absolute atomic E-state index is 0.0704. The van der Waals surface area contributed by atoms with Gasteiger partial charge in [-0.15, -0.1) is 0 Å². The molecule has 1 atom stereocenters. The smallest absolute Gasteiger partial charge is 0.406 e. The van der Waals surface area contributed by atoms with Crippen LogP contribution in [0, 0.1) is 10.1 Å². The molecule has 1 aromatic carbocycles. The summed E-state index contributed by atoms with van der Waals surface area (Å²) in [5, 5.41) is 11.8. The van der Waals surface area contributed by atoms with E-state index in [0.29, 0.717) is 15.6 Å². The number of nitro groups is 1. The van der Waals surface area contributed by atoms with Gasteiger partial charge in [0.1, 0.15) is 12.3 Å². The third-order valence-electron chi connectivity index (χ3n) is 2.63. The van der Waals surface area contributed by atoms with Crippen LogP contribution in [0.25, 0.3) is 0 Å². The zero-order chi connectivity index (χ0) is 14.7. The molecule has 5 nitrogen and oxygen atoms in total. The number of benzene rings is 1. The maximum atomic E-state index is 10.9. The van der Waals surface area contributed by atoms with E-state index in [2.05, 4.69) is 4.98 Å².